The number of carbonyl (C=O) groups is 1. The molecule has 7 nitrogen and oxygen atoms in total. The number of aryl methyl sites for hydroxylation is 1. The highest BCUT2D eigenvalue weighted by Gasteiger charge is 2.36. The summed E-state index contributed by atoms with van der Waals surface area (Å²) in [6.45, 7) is 1.74. The number of halogens is 2. The Hall–Kier alpha value is -2.58. The summed E-state index contributed by atoms with van der Waals surface area (Å²) < 4.78 is 28.0. The van der Waals surface area contributed by atoms with Crippen molar-refractivity contribution in [2.45, 2.75) is 45.0 Å². The summed E-state index contributed by atoms with van der Waals surface area (Å²) in [4.78, 5) is 33.5. The van der Waals surface area contributed by atoms with Crippen molar-refractivity contribution < 1.29 is 13.6 Å². The standard InChI is InChI=1S/C17H19F2N5O2/c1-10-12(15(26)23-7-5-17(18,19)6-8-23)9-20-24(10)16-21-13-4-2-3-11(13)14(25)22-16/h9H,2-8H2,1H3,(H,21,22,25). The van der Waals surface area contributed by atoms with E-state index in [2.05, 4.69) is 15.1 Å². The second-order valence-electron chi connectivity index (χ2n) is 6.87. The molecule has 9 heteroatoms. The highest BCUT2D eigenvalue weighted by molar-refractivity contribution is 5.95. The molecule has 0 unspecified atom stereocenters. The highest BCUT2D eigenvalue weighted by Crippen LogP contribution is 2.28. The number of rotatable bonds is 2. The third-order valence-corrected chi connectivity index (χ3v) is 5.15. The van der Waals surface area contributed by atoms with Crippen LogP contribution in [0.5, 0.6) is 0 Å². The summed E-state index contributed by atoms with van der Waals surface area (Å²) in [7, 11) is 0. The first-order chi connectivity index (χ1) is 12.4. The lowest BCUT2D eigenvalue weighted by Gasteiger charge is -2.31. The van der Waals surface area contributed by atoms with Crippen LogP contribution in [0.25, 0.3) is 5.95 Å². The van der Waals surface area contributed by atoms with Crippen LogP contribution < -0.4 is 5.56 Å². The van der Waals surface area contributed by atoms with E-state index in [0.29, 0.717) is 16.8 Å². The highest BCUT2D eigenvalue weighted by atomic mass is 19.3. The molecule has 0 spiro atoms. The molecule has 1 fully saturated rings. The van der Waals surface area contributed by atoms with Crippen molar-refractivity contribution in [2.75, 3.05) is 13.1 Å². The Labute approximate surface area is 148 Å². The fourth-order valence-corrected chi connectivity index (χ4v) is 3.57. The number of hydrogen-bond acceptors (Lipinski definition) is 4. The number of hydrogen-bond donors (Lipinski definition) is 1. The Morgan fingerprint density at radius 2 is 2.00 bits per heavy atom. The number of nitrogens with zero attached hydrogens (tertiary/aromatic N) is 4. The van der Waals surface area contributed by atoms with E-state index in [1.807, 2.05) is 0 Å². The molecule has 4 rings (SSSR count). The zero-order chi connectivity index (χ0) is 18.5. The number of amides is 1. The molecule has 3 heterocycles. The number of piperidine rings is 1. The molecule has 0 aromatic carbocycles. The Balaban J connectivity index is 1.62. The van der Waals surface area contributed by atoms with Gasteiger partial charge >= 0.3 is 0 Å². The van der Waals surface area contributed by atoms with Gasteiger partial charge in [0.15, 0.2) is 0 Å². The van der Waals surface area contributed by atoms with Crippen molar-refractivity contribution in [2.24, 2.45) is 0 Å². The molecule has 0 bridgehead atoms. The van der Waals surface area contributed by atoms with Crippen molar-refractivity contribution in [3.05, 3.63) is 39.1 Å². The molecule has 1 aliphatic heterocycles. The van der Waals surface area contributed by atoms with Crippen LogP contribution in [0.2, 0.25) is 0 Å². The molecule has 1 amide bonds. The van der Waals surface area contributed by atoms with Crippen LogP contribution in [0.4, 0.5) is 8.78 Å². The lowest BCUT2D eigenvalue weighted by molar-refractivity contribution is -0.0494. The predicted molar refractivity (Wildman–Crippen MR) is 88.8 cm³/mol. The van der Waals surface area contributed by atoms with Crippen LogP contribution in [0.15, 0.2) is 11.0 Å². The smallest absolute Gasteiger partial charge is 0.257 e. The van der Waals surface area contributed by atoms with E-state index in [1.165, 1.54) is 15.8 Å². The van der Waals surface area contributed by atoms with Gasteiger partial charge in [-0.15, -0.1) is 0 Å². The maximum atomic E-state index is 13.3. The van der Waals surface area contributed by atoms with Gasteiger partial charge in [-0.25, -0.2) is 18.4 Å². The zero-order valence-corrected chi connectivity index (χ0v) is 14.4. The first-order valence-electron chi connectivity index (χ1n) is 8.70. The quantitative estimate of drug-likeness (QED) is 0.879. The molecule has 0 saturated carbocycles. The van der Waals surface area contributed by atoms with E-state index < -0.39 is 5.92 Å². The Bertz CT molecular complexity index is 924. The SMILES string of the molecule is Cc1c(C(=O)N2CCC(F)(F)CC2)cnn1-c1nc2c(c(=O)[nH]1)CCC2. The Kier molecular flexibility index (Phi) is 3.89. The first kappa shape index (κ1) is 16.9. The van der Waals surface area contributed by atoms with Gasteiger partial charge in [-0.2, -0.15) is 5.10 Å². The number of aromatic nitrogens is 4. The van der Waals surface area contributed by atoms with Crippen LogP contribution in [-0.4, -0.2) is 49.6 Å². The number of nitrogens with one attached hydrogen (secondary N) is 1. The minimum absolute atomic E-state index is 0.0182. The summed E-state index contributed by atoms with van der Waals surface area (Å²) in [6.07, 6.45) is 3.12. The molecule has 2 aromatic heterocycles. The van der Waals surface area contributed by atoms with Gasteiger partial charge in [0, 0.05) is 31.5 Å². The van der Waals surface area contributed by atoms with Gasteiger partial charge < -0.3 is 4.90 Å². The van der Waals surface area contributed by atoms with Crippen LogP contribution in [0.1, 0.15) is 46.6 Å². The summed E-state index contributed by atoms with van der Waals surface area (Å²) >= 11 is 0. The summed E-state index contributed by atoms with van der Waals surface area (Å²) in [6, 6.07) is 0. The van der Waals surface area contributed by atoms with Gasteiger partial charge in [-0.1, -0.05) is 0 Å². The number of carbonyl (C=O) groups excluding carboxylic acids is 1. The van der Waals surface area contributed by atoms with Crippen molar-refractivity contribution in [3.63, 3.8) is 0 Å². The van der Waals surface area contributed by atoms with Gasteiger partial charge in [-0.3, -0.25) is 14.6 Å². The minimum Gasteiger partial charge on any atom is -0.338 e. The molecule has 1 N–H and O–H groups in total. The number of aromatic amines is 1. The summed E-state index contributed by atoms with van der Waals surface area (Å²) in [5, 5.41) is 4.19. The zero-order valence-electron chi connectivity index (χ0n) is 14.4. The van der Waals surface area contributed by atoms with Crippen molar-refractivity contribution in [1.29, 1.82) is 0 Å². The monoisotopic (exact) mass is 363 g/mol. The van der Waals surface area contributed by atoms with Crippen LogP contribution in [0, 0.1) is 6.92 Å². The molecular formula is C17H19F2N5O2. The molecule has 0 radical (unpaired) electrons. The molecule has 0 atom stereocenters. The Morgan fingerprint density at radius 1 is 1.27 bits per heavy atom. The van der Waals surface area contributed by atoms with E-state index in [0.717, 1.165) is 25.0 Å². The largest absolute Gasteiger partial charge is 0.338 e. The van der Waals surface area contributed by atoms with E-state index >= 15 is 0 Å². The maximum Gasteiger partial charge on any atom is 0.257 e. The Morgan fingerprint density at radius 3 is 2.73 bits per heavy atom. The third-order valence-electron chi connectivity index (χ3n) is 5.15. The molecule has 1 aliphatic carbocycles. The molecule has 2 aliphatic rings. The third kappa shape index (κ3) is 2.81. The van der Waals surface area contributed by atoms with Crippen LogP contribution in [-0.2, 0) is 12.8 Å². The van der Waals surface area contributed by atoms with Crippen LogP contribution >= 0.6 is 0 Å². The van der Waals surface area contributed by atoms with Gasteiger partial charge in [-0.05, 0) is 26.2 Å². The molecule has 138 valence electrons. The second-order valence-corrected chi connectivity index (χ2v) is 6.87. The van der Waals surface area contributed by atoms with Gasteiger partial charge in [0.25, 0.3) is 17.4 Å². The maximum absolute atomic E-state index is 13.3. The van der Waals surface area contributed by atoms with E-state index in [9.17, 15) is 18.4 Å². The molecule has 1 saturated heterocycles. The molecular weight excluding hydrogens is 344 g/mol. The number of H-pyrrole nitrogens is 1. The van der Waals surface area contributed by atoms with E-state index in [-0.39, 0.29) is 43.3 Å². The normalized spacial score (nSPS) is 18.8. The van der Waals surface area contributed by atoms with Crippen molar-refractivity contribution in [3.8, 4) is 5.95 Å². The average Bonchev–Trinajstić information content (AvgIpc) is 3.21. The number of likely N-dealkylation sites (tertiary alicyclic amines) is 1. The van der Waals surface area contributed by atoms with E-state index in [4.69, 9.17) is 0 Å². The van der Waals surface area contributed by atoms with Crippen molar-refractivity contribution >= 4 is 5.91 Å². The van der Waals surface area contributed by atoms with Crippen molar-refractivity contribution in [1.82, 2.24) is 24.6 Å². The molecule has 26 heavy (non-hydrogen) atoms. The van der Waals surface area contributed by atoms with Crippen LogP contribution in [0.3, 0.4) is 0 Å². The van der Waals surface area contributed by atoms with Gasteiger partial charge in [0.05, 0.1) is 23.1 Å². The summed E-state index contributed by atoms with van der Waals surface area (Å²) in [5.41, 5.74) is 2.16. The lowest BCUT2D eigenvalue weighted by atomic mass is 10.1. The molecule has 2 aromatic rings. The number of fused-ring (bicyclic) bond motifs is 1. The first-order valence-corrected chi connectivity index (χ1v) is 8.70. The van der Waals surface area contributed by atoms with E-state index in [1.54, 1.807) is 6.92 Å². The minimum atomic E-state index is -2.70. The predicted octanol–water partition coefficient (Wildman–Crippen LogP) is 1.62. The second kappa shape index (κ2) is 6.00. The summed E-state index contributed by atoms with van der Waals surface area (Å²) in [5.74, 6) is -2.76. The fourth-order valence-electron chi connectivity index (χ4n) is 3.57. The lowest BCUT2D eigenvalue weighted by Crippen LogP contribution is -2.42. The van der Waals surface area contributed by atoms with Gasteiger partial charge in [0.2, 0.25) is 5.95 Å². The van der Waals surface area contributed by atoms with Gasteiger partial charge in [0.1, 0.15) is 0 Å². The topological polar surface area (TPSA) is 83.9 Å². The fraction of sp³-hybridized carbons (Fsp3) is 0.529. The number of alkyl halides is 2. The average molecular weight is 363 g/mol.